The predicted octanol–water partition coefficient (Wildman–Crippen LogP) is 4.19. The first-order chi connectivity index (χ1) is 20.2. The number of amides is 3. The fraction of sp³-hybridized carbons (Fsp3) is 0.618. The zero-order valence-electron chi connectivity index (χ0n) is 25.7. The number of carbonyl (C=O) groups excluding carboxylic acids is 3. The van der Waals surface area contributed by atoms with E-state index < -0.39 is 29.1 Å². The van der Waals surface area contributed by atoms with E-state index in [4.69, 9.17) is 4.74 Å². The molecular weight excluding hydrogens is 530 g/mol. The van der Waals surface area contributed by atoms with Crippen LogP contribution in [0, 0.1) is 17.8 Å². The molecule has 0 aromatic heterocycles. The Morgan fingerprint density at radius 1 is 1.07 bits per heavy atom. The summed E-state index contributed by atoms with van der Waals surface area (Å²) in [5.41, 5.74) is -0.948. The highest BCUT2D eigenvalue weighted by Gasteiger charge is 2.80. The lowest BCUT2D eigenvalue weighted by molar-refractivity contribution is -0.155. The van der Waals surface area contributed by atoms with Gasteiger partial charge in [-0.1, -0.05) is 62.8 Å². The van der Waals surface area contributed by atoms with Crippen molar-refractivity contribution >= 4 is 17.7 Å². The molecule has 1 spiro atoms. The van der Waals surface area contributed by atoms with Gasteiger partial charge in [-0.25, -0.2) is 0 Å². The van der Waals surface area contributed by atoms with Crippen LogP contribution in [0.4, 0.5) is 0 Å². The van der Waals surface area contributed by atoms with Crippen LogP contribution in [0.15, 0.2) is 55.6 Å². The van der Waals surface area contributed by atoms with Crippen LogP contribution < -0.4 is 0 Å². The van der Waals surface area contributed by atoms with Crippen LogP contribution in [0.25, 0.3) is 0 Å². The molecule has 1 aromatic rings. The lowest BCUT2D eigenvalue weighted by Gasteiger charge is -2.39. The second-order valence-corrected chi connectivity index (χ2v) is 12.4. The maximum absolute atomic E-state index is 14.5. The summed E-state index contributed by atoms with van der Waals surface area (Å²) in [4.78, 5) is 48.7. The van der Waals surface area contributed by atoms with E-state index in [1.165, 1.54) is 0 Å². The Morgan fingerprint density at radius 3 is 2.40 bits per heavy atom. The number of hydrogen-bond donors (Lipinski definition) is 1. The van der Waals surface area contributed by atoms with Gasteiger partial charge in [0.05, 0.1) is 17.4 Å². The molecule has 0 aliphatic carbocycles. The van der Waals surface area contributed by atoms with Crippen LogP contribution in [0.5, 0.6) is 0 Å². The minimum atomic E-state index is -1.07. The van der Waals surface area contributed by atoms with Gasteiger partial charge >= 0.3 is 0 Å². The van der Waals surface area contributed by atoms with E-state index >= 15 is 0 Å². The van der Waals surface area contributed by atoms with Crippen LogP contribution in [0.3, 0.4) is 0 Å². The molecule has 3 heterocycles. The van der Waals surface area contributed by atoms with Gasteiger partial charge in [-0.2, -0.15) is 0 Å². The van der Waals surface area contributed by atoms with Gasteiger partial charge in [0.1, 0.15) is 11.6 Å². The van der Waals surface area contributed by atoms with Crippen molar-refractivity contribution in [3.8, 4) is 0 Å². The fourth-order valence-electron chi connectivity index (χ4n) is 7.56. The number of benzene rings is 1. The number of unbranched alkanes of at least 4 members (excludes halogenated alkanes) is 3. The molecular formula is C34H49N3O5. The van der Waals surface area contributed by atoms with Crippen molar-refractivity contribution in [3.63, 3.8) is 0 Å². The first-order valence-corrected chi connectivity index (χ1v) is 15.6. The maximum Gasteiger partial charge on any atom is 0.248 e. The summed E-state index contributed by atoms with van der Waals surface area (Å²) < 4.78 is 6.94. The van der Waals surface area contributed by atoms with Crippen molar-refractivity contribution in [2.45, 2.75) is 83.1 Å². The lowest BCUT2D eigenvalue weighted by atomic mass is 9.62. The maximum atomic E-state index is 14.5. The zero-order valence-corrected chi connectivity index (χ0v) is 25.7. The van der Waals surface area contributed by atoms with E-state index in [0.717, 1.165) is 24.8 Å². The average molecular weight is 580 g/mol. The van der Waals surface area contributed by atoms with Gasteiger partial charge in [0, 0.05) is 39.3 Å². The smallest absolute Gasteiger partial charge is 0.248 e. The Hall–Kier alpha value is -2.97. The molecule has 8 heteroatoms. The highest BCUT2D eigenvalue weighted by Crippen LogP contribution is 2.65. The largest absolute Gasteiger partial charge is 0.396 e. The number of ether oxygens (including phenoxy) is 1. The summed E-state index contributed by atoms with van der Waals surface area (Å²) in [5.74, 6) is -1.89. The monoisotopic (exact) mass is 579 g/mol. The lowest BCUT2D eigenvalue weighted by Crippen LogP contribution is -2.57. The van der Waals surface area contributed by atoms with Crippen molar-refractivity contribution in [2.24, 2.45) is 17.8 Å². The molecule has 3 aliphatic heterocycles. The summed E-state index contributed by atoms with van der Waals surface area (Å²) in [6.07, 6.45) is 7.81. The molecule has 8 nitrogen and oxygen atoms in total. The standard InChI is InChI=1S/C34H49N3O5/c1-6-9-20-35(18-7-2)32(41)29-34-23-25(4)33(5,42-34)27(28(34)31(40)37(29)21-14-11-15-22-38)30(39)36(19-8-3)24-26-16-12-10-13-17-26/h7-8,10,12-13,16-17,25,27-29,38H,2-3,6,9,11,14-15,18-24H2,1,4-5H3/t25?,27-,28-,29?,33+,34?/m0/s1. The summed E-state index contributed by atoms with van der Waals surface area (Å²) in [5, 5.41) is 9.32. The molecule has 6 atom stereocenters. The first kappa shape index (κ1) is 32.0. The third-order valence-corrected chi connectivity index (χ3v) is 9.69. The van der Waals surface area contributed by atoms with Gasteiger partial charge in [-0.05, 0) is 50.5 Å². The number of aliphatic hydroxyl groups excluding tert-OH is 1. The molecule has 3 aliphatic rings. The van der Waals surface area contributed by atoms with Crippen molar-refractivity contribution in [3.05, 3.63) is 61.2 Å². The van der Waals surface area contributed by atoms with E-state index in [1.807, 2.05) is 37.3 Å². The minimum Gasteiger partial charge on any atom is -0.396 e. The summed E-state index contributed by atoms with van der Waals surface area (Å²) in [6, 6.07) is 9.01. The highest BCUT2D eigenvalue weighted by atomic mass is 16.5. The quantitative estimate of drug-likeness (QED) is 0.234. The van der Waals surface area contributed by atoms with E-state index in [1.54, 1.807) is 26.9 Å². The molecule has 1 aromatic carbocycles. The second kappa shape index (κ2) is 13.6. The van der Waals surface area contributed by atoms with Gasteiger partial charge in [0.15, 0.2) is 0 Å². The molecule has 0 radical (unpaired) electrons. The van der Waals surface area contributed by atoms with Crippen molar-refractivity contribution < 1.29 is 24.2 Å². The van der Waals surface area contributed by atoms with Gasteiger partial charge in [0.2, 0.25) is 17.7 Å². The van der Waals surface area contributed by atoms with E-state index in [2.05, 4.69) is 27.0 Å². The molecule has 3 amide bonds. The number of carbonyl (C=O) groups is 3. The van der Waals surface area contributed by atoms with Crippen LogP contribution in [0.1, 0.15) is 64.9 Å². The van der Waals surface area contributed by atoms with Crippen LogP contribution >= 0.6 is 0 Å². The Morgan fingerprint density at radius 2 is 1.76 bits per heavy atom. The topological polar surface area (TPSA) is 90.4 Å². The van der Waals surface area contributed by atoms with E-state index in [0.29, 0.717) is 52.0 Å². The van der Waals surface area contributed by atoms with Crippen molar-refractivity contribution in [1.29, 1.82) is 0 Å². The molecule has 2 bridgehead atoms. The Bertz CT molecular complexity index is 1140. The van der Waals surface area contributed by atoms with Gasteiger partial charge in [-0.15, -0.1) is 13.2 Å². The highest BCUT2D eigenvalue weighted by molar-refractivity contribution is 5.99. The molecule has 4 rings (SSSR count). The Kier molecular flexibility index (Phi) is 10.3. The first-order valence-electron chi connectivity index (χ1n) is 15.6. The predicted molar refractivity (Wildman–Crippen MR) is 163 cm³/mol. The van der Waals surface area contributed by atoms with E-state index in [-0.39, 0.29) is 30.2 Å². The molecule has 3 unspecified atom stereocenters. The third kappa shape index (κ3) is 5.68. The SMILES string of the molecule is C=CCN(CCCC)C(=O)C1N(CCCCCO)C(=O)[C@@H]2[C@@H](C(=O)N(CC=C)Cc3ccccc3)[C@]3(C)OC12CC3C. The van der Waals surface area contributed by atoms with Crippen molar-refractivity contribution in [1.82, 2.24) is 14.7 Å². The normalized spacial score (nSPS) is 29.4. The molecule has 3 fully saturated rings. The van der Waals surface area contributed by atoms with Gasteiger partial charge in [-0.3, -0.25) is 14.4 Å². The van der Waals surface area contributed by atoms with Crippen molar-refractivity contribution in [2.75, 3.05) is 32.8 Å². The molecule has 1 N–H and O–H groups in total. The number of nitrogens with zero attached hydrogens (tertiary/aromatic N) is 3. The molecule has 0 saturated carbocycles. The number of rotatable bonds is 16. The number of hydrogen-bond acceptors (Lipinski definition) is 5. The van der Waals surface area contributed by atoms with E-state index in [9.17, 15) is 19.5 Å². The Labute approximate surface area is 251 Å². The summed E-state index contributed by atoms with van der Waals surface area (Å²) >= 11 is 0. The summed E-state index contributed by atoms with van der Waals surface area (Å²) in [6.45, 7) is 16.1. The van der Waals surface area contributed by atoms with Gasteiger partial charge in [0.25, 0.3) is 0 Å². The number of fused-ring (bicyclic) bond motifs is 1. The second-order valence-electron chi connectivity index (χ2n) is 12.4. The fourth-order valence-corrected chi connectivity index (χ4v) is 7.56. The van der Waals surface area contributed by atoms with Crippen LogP contribution in [-0.2, 0) is 25.7 Å². The zero-order chi connectivity index (χ0) is 30.5. The number of aliphatic hydroxyl groups is 1. The van der Waals surface area contributed by atoms with Crippen LogP contribution in [-0.4, -0.2) is 87.6 Å². The minimum absolute atomic E-state index is 0.0223. The third-order valence-electron chi connectivity index (χ3n) is 9.69. The summed E-state index contributed by atoms with van der Waals surface area (Å²) in [7, 11) is 0. The molecule has 230 valence electrons. The molecule has 42 heavy (non-hydrogen) atoms. The molecule has 3 saturated heterocycles. The van der Waals surface area contributed by atoms with Gasteiger partial charge < -0.3 is 24.5 Å². The average Bonchev–Trinajstić information content (AvgIpc) is 3.49. The Balaban J connectivity index is 1.74. The number of likely N-dealkylation sites (tertiary alicyclic amines) is 1. The van der Waals surface area contributed by atoms with Crippen LogP contribution in [0.2, 0.25) is 0 Å².